The molecule has 0 aliphatic rings. The molecule has 11 rings (SSSR count). The highest BCUT2D eigenvalue weighted by molar-refractivity contribution is 6.06. The van der Waals surface area contributed by atoms with Crippen molar-refractivity contribution in [3.63, 3.8) is 0 Å². The first-order chi connectivity index (χ1) is 29.7. The van der Waals surface area contributed by atoms with E-state index in [4.69, 9.17) is 9.40 Å². The molecule has 0 fully saturated rings. The summed E-state index contributed by atoms with van der Waals surface area (Å²) in [6.45, 7) is 0. The Morgan fingerprint density at radius 3 is 1.68 bits per heavy atom. The van der Waals surface area contributed by atoms with Crippen LogP contribution in [0, 0.1) is 0 Å². The lowest BCUT2D eigenvalue weighted by Crippen LogP contribution is -2.11. The molecule has 3 nitrogen and oxygen atoms in total. The molecule has 0 radical (unpaired) electrons. The van der Waals surface area contributed by atoms with Crippen molar-refractivity contribution in [3.8, 4) is 56.0 Å². The summed E-state index contributed by atoms with van der Waals surface area (Å²) in [7, 11) is 0. The quantitative estimate of drug-likeness (QED) is 0.154. The molecule has 0 spiro atoms. The van der Waals surface area contributed by atoms with Crippen LogP contribution in [0.25, 0.3) is 88.6 Å². The van der Waals surface area contributed by atoms with Crippen molar-refractivity contribution in [2.75, 3.05) is 4.90 Å². The van der Waals surface area contributed by atoms with Crippen molar-refractivity contribution in [2.45, 2.75) is 0 Å². The zero-order chi connectivity index (χ0) is 39.8. The first-order valence-corrected chi connectivity index (χ1v) is 20.4. The van der Waals surface area contributed by atoms with E-state index in [2.05, 4.69) is 229 Å². The minimum Gasteiger partial charge on any atom is -0.436 e. The number of anilines is 3. The molecule has 0 bridgehead atoms. The van der Waals surface area contributed by atoms with E-state index in [1.165, 1.54) is 27.6 Å². The second kappa shape index (κ2) is 15.1. The molecule has 0 amide bonds. The maximum atomic E-state index is 6.38. The maximum absolute atomic E-state index is 6.38. The molecule has 0 unspecified atom stereocenters. The van der Waals surface area contributed by atoms with Crippen molar-refractivity contribution in [1.82, 2.24) is 4.98 Å². The average molecular weight is 767 g/mol. The normalized spacial score (nSPS) is 11.3. The molecular weight excluding hydrogens is 729 g/mol. The van der Waals surface area contributed by atoms with Gasteiger partial charge in [0, 0.05) is 27.9 Å². The lowest BCUT2D eigenvalue weighted by molar-refractivity contribution is 0.620. The Hall–Kier alpha value is -8.01. The van der Waals surface area contributed by atoms with Gasteiger partial charge in [-0.3, -0.25) is 0 Å². The van der Waals surface area contributed by atoms with Crippen LogP contribution in [0.5, 0.6) is 0 Å². The summed E-state index contributed by atoms with van der Waals surface area (Å²) in [5.74, 6) is 0.627. The van der Waals surface area contributed by atoms with Crippen LogP contribution in [-0.4, -0.2) is 4.98 Å². The Morgan fingerprint density at radius 1 is 0.333 bits per heavy atom. The van der Waals surface area contributed by atoms with Gasteiger partial charge in [0.1, 0.15) is 5.52 Å². The van der Waals surface area contributed by atoms with E-state index < -0.39 is 0 Å². The molecule has 3 heteroatoms. The van der Waals surface area contributed by atoms with Gasteiger partial charge in [0.25, 0.3) is 0 Å². The third-order valence-corrected chi connectivity index (χ3v) is 11.5. The molecule has 10 aromatic carbocycles. The fourth-order valence-electron chi connectivity index (χ4n) is 8.51. The van der Waals surface area contributed by atoms with Gasteiger partial charge in [0.2, 0.25) is 5.89 Å². The van der Waals surface area contributed by atoms with Gasteiger partial charge < -0.3 is 9.32 Å². The summed E-state index contributed by atoms with van der Waals surface area (Å²) in [6, 6.07) is 81.9. The number of para-hydroxylation sites is 2. The number of hydrogen-bond donors (Lipinski definition) is 0. The first kappa shape index (κ1) is 35.2. The third kappa shape index (κ3) is 6.49. The molecular formula is C57H38N2O. The number of nitrogens with zero attached hydrogens (tertiary/aromatic N) is 2. The SMILES string of the molecule is c1ccc(-c2ccccc2-c2ccc(N(c3ccccc3)c3ccccc3-c3cccc(-c4ccc5ccc6oc(-c7ccc8ccccc8c7)nc6c5c4)c3)cc2)cc1. The molecule has 0 saturated heterocycles. The third-order valence-electron chi connectivity index (χ3n) is 11.5. The first-order valence-electron chi connectivity index (χ1n) is 20.4. The second-order valence-electron chi connectivity index (χ2n) is 15.2. The lowest BCUT2D eigenvalue weighted by Gasteiger charge is -2.28. The van der Waals surface area contributed by atoms with Crippen molar-refractivity contribution < 1.29 is 4.42 Å². The molecule has 60 heavy (non-hydrogen) atoms. The number of rotatable bonds is 8. The fourth-order valence-corrected chi connectivity index (χ4v) is 8.51. The summed E-state index contributed by atoms with van der Waals surface area (Å²) < 4.78 is 6.38. The summed E-state index contributed by atoms with van der Waals surface area (Å²) in [6.07, 6.45) is 0. The van der Waals surface area contributed by atoms with Crippen LogP contribution in [0.1, 0.15) is 0 Å². The zero-order valence-corrected chi connectivity index (χ0v) is 32.7. The van der Waals surface area contributed by atoms with E-state index in [-0.39, 0.29) is 0 Å². The molecule has 11 aromatic rings. The van der Waals surface area contributed by atoms with Gasteiger partial charge in [-0.05, 0) is 116 Å². The van der Waals surface area contributed by atoms with Gasteiger partial charge in [0.05, 0.1) is 5.69 Å². The Morgan fingerprint density at radius 2 is 0.883 bits per heavy atom. The summed E-state index contributed by atoms with van der Waals surface area (Å²) >= 11 is 0. The Kier molecular flexibility index (Phi) is 8.83. The Labute approximate surface area is 349 Å². The molecule has 282 valence electrons. The standard InChI is InChI=1S/C57H38N2O/c1-3-15-40(16-4-1)50-22-9-10-23-51(50)41-30-33-49(34-31-41)59(48-20-5-2-6-21-48)54-25-12-11-24-52(54)46-19-13-18-44(36-46)45-28-27-42-32-35-55-56(53(42)38-45)58-57(60-55)47-29-26-39-14-7-8-17-43(39)37-47/h1-38H. The fraction of sp³-hybridized carbons (Fsp3) is 0. The van der Waals surface area contributed by atoms with Crippen LogP contribution in [-0.2, 0) is 0 Å². The molecule has 1 aromatic heterocycles. The van der Waals surface area contributed by atoms with E-state index in [1.807, 2.05) is 6.07 Å². The van der Waals surface area contributed by atoms with E-state index in [0.29, 0.717) is 5.89 Å². The van der Waals surface area contributed by atoms with Crippen molar-refractivity contribution in [2.24, 2.45) is 0 Å². The van der Waals surface area contributed by atoms with Crippen LogP contribution in [0.4, 0.5) is 17.1 Å². The molecule has 0 saturated carbocycles. The van der Waals surface area contributed by atoms with E-state index in [0.717, 1.165) is 72.1 Å². The molecule has 0 aliphatic carbocycles. The van der Waals surface area contributed by atoms with Crippen molar-refractivity contribution >= 4 is 49.7 Å². The number of aromatic nitrogens is 1. The topological polar surface area (TPSA) is 29.3 Å². The summed E-state index contributed by atoms with van der Waals surface area (Å²) in [5.41, 5.74) is 15.2. The monoisotopic (exact) mass is 766 g/mol. The number of fused-ring (bicyclic) bond motifs is 4. The predicted octanol–water partition coefficient (Wildman–Crippen LogP) is 15.9. The molecule has 1 heterocycles. The Balaban J connectivity index is 0.969. The molecule has 0 atom stereocenters. The smallest absolute Gasteiger partial charge is 0.227 e. The number of benzene rings is 10. The van der Waals surface area contributed by atoms with Gasteiger partial charge in [-0.25, -0.2) is 4.98 Å². The summed E-state index contributed by atoms with van der Waals surface area (Å²) in [5, 5.41) is 4.55. The maximum Gasteiger partial charge on any atom is 0.227 e. The van der Waals surface area contributed by atoms with Crippen LogP contribution >= 0.6 is 0 Å². The Bertz CT molecular complexity index is 3310. The molecule has 0 aliphatic heterocycles. The highest BCUT2D eigenvalue weighted by Gasteiger charge is 2.19. The summed E-state index contributed by atoms with van der Waals surface area (Å²) in [4.78, 5) is 7.44. The van der Waals surface area contributed by atoms with Gasteiger partial charge >= 0.3 is 0 Å². The van der Waals surface area contributed by atoms with Gasteiger partial charge in [-0.1, -0.05) is 170 Å². The van der Waals surface area contributed by atoms with E-state index in [9.17, 15) is 0 Å². The molecule has 0 N–H and O–H groups in total. The van der Waals surface area contributed by atoms with Crippen LogP contribution in [0.15, 0.2) is 235 Å². The lowest BCUT2D eigenvalue weighted by atomic mass is 9.94. The minimum absolute atomic E-state index is 0.627. The van der Waals surface area contributed by atoms with Gasteiger partial charge in [-0.2, -0.15) is 0 Å². The second-order valence-corrected chi connectivity index (χ2v) is 15.2. The average Bonchev–Trinajstić information content (AvgIpc) is 3.78. The van der Waals surface area contributed by atoms with Crippen molar-refractivity contribution in [3.05, 3.63) is 231 Å². The van der Waals surface area contributed by atoms with Gasteiger partial charge in [-0.15, -0.1) is 0 Å². The van der Waals surface area contributed by atoms with E-state index >= 15 is 0 Å². The van der Waals surface area contributed by atoms with Crippen LogP contribution in [0.3, 0.4) is 0 Å². The van der Waals surface area contributed by atoms with Crippen LogP contribution < -0.4 is 4.90 Å². The van der Waals surface area contributed by atoms with Crippen LogP contribution in [0.2, 0.25) is 0 Å². The van der Waals surface area contributed by atoms with Crippen molar-refractivity contribution in [1.29, 1.82) is 0 Å². The number of oxazole rings is 1. The van der Waals surface area contributed by atoms with Gasteiger partial charge in [0.15, 0.2) is 5.58 Å². The number of hydrogen-bond acceptors (Lipinski definition) is 3. The highest BCUT2D eigenvalue weighted by Crippen LogP contribution is 2.43. The highest BCUT2D eigenvalue weighted by atomic mass is 16.3. The largest absolute Gasteiger partial charge is 0.436 e. The minimum atomic E-state index is 0.627. The predicted molar refractivity (Wildman–Crippen MR) is 251 cm³/mol. The zero-order valence-electron chi connectivity index (χ0n) is 32.7. The van der Waals surface area contributed by atoms with E-state index in [1.54, 1.807) is 0 Å².